The molecule has 0 saturated heterocycles. The first-order valence-electron chi connectivity index (χ1n) is 11.8. The van der Waals surface area contributed by atoms with Gasteiger partial charge in [-0.25, -0.2) is 31.9 Å². The summed E-state index contributed by atoms with van der Waals surface area (Å²) in [6, 6.07) is 9.50. The van der Waals surface area contributed by atoms with Crippen molar-refractivity contribution in [3.8, 4) is 0 Å². The van der Waals surface area contributed by atoms with Crippen molar-refractivity contribution < 1.29 is 55.9 Å². The van der Waals surface area contributed by atoms with Gasteiger partial charge in [0.25, 0.3) is 0 Å². The number of halogens is 4. The zero-order valence-corrected chi connectivity index (χ0v) is 20.7. The van der Waals surface area contributed by atoms with Crippen LogP contribution in [0.15, 0.2) is 48.8 Å². The van der Waals surface area contributed by atoms with Crippen molar-refractivity contribution in [1.82, 2.24) is 19.9 Å². The molecule has 0 bridgehead atoms. The van der Waals surface area contributed by atoms with Crippen LogP contribution in [0, 0.1) is 5.92 Å². The number of alkyl halides is 4. The maximum atomic E-state index is 13.8. The van der Waals surface area contributed by atoms with Gasteiger partial charge >= 0.3 is 25.0 Å². The van der Waals surface area contributed by atoms with Gasteiger partial charge in [-0.15, -0.1) is 0 Å². The maximum absolute atomic E-state index is 13.8. The van der Waals surface area contributed by atoms with Crippen molar-refractivity contribution in [2.45, 2.75) is 63.0 Å². The van der Waals surface area contributed by atoms with Gasteiger partial charge in [-0.2, -0.15) is 5.10 Å². The zero-order chi connectivity index (χ0) is 26.6. The van der Waals surface area contributed by atoms with E-state index in [0.29, 0.717) is 5.69 Å². The summed E-state index contributed by atoms with van der Waals surface area (Å²) in [5, 5.41) is 18.2. The summed E-state index contributed by atoms with van der Waals surface area (Å²) in [5.74, 6) is -6.40. The second-order valence-electron chi connectivity index (χ2n) is 9.13. The number of nitrogens with one attached hydrogen (secondary N) is 1. The summed E-state index contributed by atoms with van der Waals surface area (Å²) in [7, 11) is 0. The van der Waals surface area contributed by atoms with Gasteiger partial charge in [0.05, 0.1) is 24.1 Å². The molecule has 1 amide bonds. The molecule has 2 heterocycles. The molecule has 1 aliphatic rings. The van der Waals surface area contributed by atoms with E-state index in [1.54, 1.807) is 24.3 Å². The fourth-order valence-electron chi connectivity index (χ4n) is 4.52. The van der Waals surface area contributed by atoms with Gasteiger partial charge in [-0.1, -0.05) is 30.3 Å². The van der Waals surface area contributed by atoms with E-state index in [4.69, 9.17) is 4.74 Å². The predicted molar refractivity (Wildman–Crippen MR) is 121 cm³/mol. The number of hydrogen-bond acceptors (Lipinski definition) is 6. The molecule has 2 aromatic heterocycles. The molecule has 1 fully saturated rings. The summed E-state index contributed by atoms with van der Waals surface area (Å²) in [5.41, 5.74) is 1.21. The van der Waals surface area contributed by atoms with Crippen LogP contribution in [-0.4, -0.2) is 39.0 Å². The van der Waals surface area contributed by atoms with Crippen LogP contribution in [0.2, 0.25) is 0 Å². The molecule has 13 heteroatoms. The number of imidazole rings is 1. The van der Waals surface area contributed by atoms with Crippen LogP contribution in [0.1, 0.15) is 60.9 Å². The molecule has 1 aliphatic carbocycles. The Labute approximate surface area is 227 Å². The summed E-state index contributed by atoms with van der Waals surface area (Å²) < 4.78 is 60.0. The van der Waals surface area contributed by atoms with E-state index in [0.717, 1.165) is 11.8 Å². The molecule has 0 radical (unpaired) electrons. The average Bonchev–Trinajstić information content (AvgIpc) is 3.28. The van der Waals surface area contributed by atoms with Crippen LogP contribution in [0.5, 0.6) is 0 Å². The third-order valence-electron chi connectivity index (χ3n) is 6.50. The van der Waals surface area contributed by atoms with Crippen LogP contribution in [0.3, 0.4) is 0 Å². The Morgan fingerprint density at radius 2 is 1.87 bits per heavy atom. The topological polar surface area (TPSA) is 109 Å². The molecule has 4 rings (SSSR count). The van der Waals surface area contributed by atoms with Crippen molar-refractivity contribution in [1.29, 1.82) is 0 Å². The Morgan fingerprint density at radius 1 is 1.18 bits per heavy atom. The molecule has 1 saturated carbocycles. The van der Waals surface area contributed by atoms with Crippen LogP contribution < -0.4 is 29.3 Å². The fourth-order valence-corrected chi connectivity index (χ4v) is 4.52. The molecular formula is C25H25F4LiN4O4. The molecule has 1 aromatic carbocycles. The minimum Gasteiger partial charge on any atom is -0.549 e. The number of hydrogen-bond donors (Lipinski definition) is 1. The second-order valence-corrected chi connectivity index (χ2v) is 9.13. The van der Waals surface area contributed by atoms with E-state index >= 15 is 0 Å². The number of carbonyl (C=O) groups is 2. The summed E-state index contributed by atoms with van der Waals surface area (Å²) in [4.78, 5) is 28.5. The van der Waals surface area contributed by atoms with E-state index in [1.165, 1.54) is 16.8 Å². The van der Waals surface area contributed by atoms with Crippen molar-refractivity contribution in [2.75, 3.05) is 0 Å². The number of alkyl carbamates (subject to hydrolysis) is 1. The SMILES string of the molecule is O=C(N[C@H](c1cn2ncc([C@H](CC(F)F)C(=O)[O-])cc2n1)C1CCC(F)(F)CC1)OCc1ccccc1.[Li+]. The van der Waals surface area contributed by atoms with Crippen LogP contribution in [-0.2, 0) is 16.1 Å². The van der Waals surface area contributed by atoms with Crippen LogP contribution in [0.25, 0.3) is 5.65 Å². The molecule has 2 atom stereocenters. The number of aromatic nitrogens is 3. The summed E-state index contributed by atoms with van der Waals surface area (Å²) in [6.07, 6.45) is -2.37. The minimum absolute atomic E-state index is 0. The predicted octanol–water partition coefficient (Wildman–Crippen LogP) is 1.01. The summed E-state index contributed by atoms with van der Waals surface area (Å²) in [6.45, 7) is 0.00691. The Kier molecular flexibility index (Phi) is 9.79. The first-order chi connectivity index (χ1) is 17.6. The molecule has 38 heavy (non-hydrogen) atoms. The molecule has 0 unspecified atom stereocenters. The Balaban J connectivity index is 0.00000400. The van der Waals surface area contributed by atoms with E-state index in [9.17, 15) is 32.3 Å². The molecule has 0 spiro atoms. The van der Waals surface area contributed by atoms with E-state index < -0.39 is 42.8 Å². The number of aliphatic carboxylic acids is 1. The van der Waals surface area contributed by atoms with Gasteiger partial charge in [0, 0.05) is 31.1 Å². The Morgan fingerprint density at radius 3 is 2.50 bits per heavy atom. The molecule has 198 valence electrons. The second kappa shape index (κ2) is 12.6. The molecule has 8 nitrogen and oxygen atoms in total. The first kappa shape index (κ1) is 29.5. The van der Waals surface area contributed by atoms with Gasteiger partial charge in [0.2, 0.25) is 12.3 Å². The van der Waals surface area contributed by atoms with Gasteiger partial charge < -0.3 is 20.0 Å². The van der Waals surface area contributed by atoms with E-state index in [-0.39, 0.29) is 68.3 Å². The maximum Gasteiger partial charge on any atom is 1.00 e. The van der Waals surface area contributed by atoms with E-state index in [2.05, 4.69) is 15.4 Å². The van der Waals surface area contributed by atoms with E-state index in [1.807, 2.05) is 6.07 Å². The monoisotopic (exact) mass is 528 g/mol. The smallest absolute Gasteiger partial charge is 0.549 e. The van der Waals surface area contributed by atoms with Gasteiger partial charge in [0.15, 0.2) is 5.65 Å². The number of amides is 1. The quantitative estimate of drug-likeness (QED) is 0.328. The van der Waals surface area contributed by atoms with Gasteiger partial charge in [-0.05, 0) is 36.0 Å². The molecular weight excluding hydrogens is 503 g/mol. The number of nitrogens with zero attached hydrogens (tertiary/aromatic N) is 3. The van der Waals surface area contributed by atoms with Crippen LogP contribution >= 0.6 is 0 Å². The summed E-state index contributed by atoms with van der Waals surface area (Å²) >= 11 is 0. The van der Waals surface area contributed by atoms with Crippen molar-refractivity contribution in [3.05, 3.63) is 65.6 Å². The Bertz CT molecular complexity index is 1230. The minimum atomic E-state index is -2.87. The molecule has 0 aliphatic heterocycles. The fraction of sp³-hybridized carbons (Fsp3) is 0.440. The largest absolute Gasteiger partial charge is 1.00 e. The number of carboxylic acids is 1. The third-order valence-corrected chi connectivity index (χ3v) is 6.50. The van der Waals surface area contributed by atoms with Crippen LogP contribution in [0.4, 0.5) is 22.4 Å². The molecule has 1 N–H and O–H groups in total. The number of fused-ring (bicyclic) bond motifs is 1. The number of carboxylic acid groups (broad SMARTS) is 1. The van der Waals surface area contributed by atoms with Gasteiger partial charge in [-0.3, -0.25) is 0 Å². The zero-order valence-electron chi connectivity index (χ0n) is 20.7. The third kappa shape index (κ3) is 7.48. The van der Waals surface area contributed by atoms with Crippen molar-refractivity contribution in [3.63, 3.8) is 0 Å². The average molecular weight is 528 g/mol. The van der Waals surface area contributed by atoms with Crippen molar-refractivity contribution in [2.24, 2.45) is 5.92 Å². The first-order valence-corrected chi connectivity index (χ1v) is 11.8. The number of benzene rings is 1. The Hall–Kier alpha value is -3.10. The number of ether oxygens (including phenoxy) is 1. The number of carbonyl (C=O) groups excluding carboxylic acids is 2. The normalized spacial score (nSPS) is 17.0. The molecule has 3 aromatic rings. The number of rotatable bonds is 9. The standard InChI is InChI=1S/C25H26F4N4O4.Li/c26-20(27)11-18(23(34)35)17-10-21-31-19(13-33(21)30-12-17)22(16-6-8-25(28,29)9-7-16)32-24(36)37-14-15-4-2-1-3-5-15;/h1-5,10,12-13,16,18,20,22H,6-9,11,14H2,(H,32,36)(H,34,35);/q;+1/p-1/t18-,22-;/m0./s1. The van der Waals surface area contributed by atoms with Crippen molar-refractivity contribution >= 4 is 17.7 Å². The van der Waals surface area contributed by atoms with Gasteiger partial charge in [0.1, 0.15) is 6.61 Å².